The molecule has 0 aliphatic carbocycles. The van der Waals surface area contributed by atoms with Crippen molar-refractivity contribution in [3.8, 4) is 0 Å². The monoisotopic (exact) mass is 393 g/mol. The van der Waals surface area contributed by atoms with E-state index in [1.165, 1.54) is 40.0 Å². The van der Waals surface area contributed by atoms with Gasteiger partial charge in [-0.3, -0.25) is 0 Å². The third-order valence-electron chi connectivity index (χ3n) is 6.48. The van der Waals surface area contributed by atoms with Crippen LogP contribution in [0.5, 0.6) is 0 Å². The fraction of sp³-hybridized carbons (Fsp3) is 0.240. The van der Waals surface area contributed by atoms with Gasteiger partial charge in [-0.1, -0.05) is 36.4 Å². The normalized spacial score (nSPS) is 17.9. The number of rotatable bonds is 2. The van der Waals surface area contributed by atoms with Crippen LogP contribution in [0.15, 0.2) is 67.0 Å². The minimum Gasteiger partial charge on any atom is -0.384 e. The van der Waals surface area contributed by atoms with Gasteiger partial charge < -0.3 is 10.2 Å². The molecule has 1 atom stereocenters. The number of nitrogens with zero attached hydrogens (tertiary/aromatic N) is 4. The molecule has 30 heavy (non-hydrogen) atoms. The average Bonchev–Trinajstić information content (AvgIpc) is 2.83. The molecular formula is C25H23N5. The van der Waals surface area contributed by atoms with Crippen LogP contribution in [0, 0.1) is 0 Å². The summed E-state index contributed by atoms with van der Waals surface area (Å²) in [5.41, 5.74) is 9.94. The Balaban J connectivity index is 1.23. The van der Waals surface area contributed by atoms with E-state index >= 15 is 0 Å². The molecule has 2 aliphatic heterocycles. The third-order valence-corrected chi connectivity index (χ3v) is 6.48. The van der Waals surface area contributed by atoms with E-state index in [1.54, 1.807) is 0 Å². The molecule has 0 radical (unpaired) electrons. The van der Waals surface area contributed by atoms with Crippen LogP contribution >= 0.6 is 0 Å². The molecule has 5 heteroatoms. The Morgan fingerprint density at radius 3 is 2.80 bits per heavy atom. The highest BCUT2D eigenvalue weighted by Crippen LogP contribution is 2.35. The molecule has 3 aromatic carbocycles. The summed E-state index contributed by atoms with van der Waals surface area (Å²) in [5, 5.41) is 11.8. The van der Waals surface area contributed by atoms with E-state index in [0.29, 0.717) is 5.92 Å². The SMILES string of the molecule is c1ccc2c(c1)CCN(c1ccc3c(c1)NCC(c1ccc4ncnnc4c1)C3)C2. The lowest BCUT2D eigenvalue weighted by Gasteiger charge is -2.33. The van der Waals surface area contributed by atoms with E-state index < -0.39 is 0 Å². The van der Waals surface area contributed by atoms with Gasteiger partial charge in [-0.05, 0) is 59.4 Å². The van der Waals surface area contributed by atoms with Gasteiger partial charge >= 0.3 is 0 Å². The van der Waals surface area contributed by atoms with Crippen LogP contribution in [0.1, 0.15) is 28.2 Å². The molecule has 1 aromatic heterocycles. The molecule has 1 unspecified atom stereocenters. The second kappa shape index (κ2) is 7.10. The molecule has 4 aromatic rings. The van der Waals surface area contributed by atoms with Crippen molar-refractivity contribution >= 4 is 22.4 Å². The van der Waals surface area contributed by atoms with Crippen molar-refractivity contribution < 1.29 is 0 Å². The number of aromatic nitrogens is 3. The van der Waals surface area contributed by atoms with Crippen LogP contribution in [0.4, 0.5) is 11.4 Å². The van der Waals surface area contributed by atoms with Gasteiger partial charge in [0, 0.05) is 36.9 Å². The molecule has 5 nitrogen and oxygen atoms in total. The summed E-state index contributed by atoms with van der Waals surface area (Å²) in [6, 6.07) is 22.1. The maximum atomic E-state index is 4.28. The van der Waals surface area contributed by atoms with Crippen molar-refractivity contribution in [2.45, 2.75) is 25.3 Å². The number of benzene rings is 3. The number of fused-ring (bicyclic) bond motifs is 3. The Morgan fingerprint density at radius 2 is 1.83 bits per heavy atom. The molecule has 0 saturated heterocycles. The fourth-order valence-electron chi connectivity index (χ4n) is 4.79. The molecule has 3 heterocycles. The van der Waals surface area contributed by atoms with Crippen molar-refractivity contribution in [2.75, 3.05) is 23.3 Å². The third kappa shape index (κ3) is 3.07. The molecular weight excluding hydrogens is 370 g/mol. The summed E-state index contributed by atoms with van der Waals surface area (Å²) in [5.74, 6) is 0.427. The smallest absolute Gasteiger partial charge is 0.138 e. The molecule has 1 N–H and O–H groups in total. The van der Waals surface area contributed by atoms with E-state index in [-0.39, 0.29) is 0 Å². The van der Waals surface area contributed by atoms with Crippen LogP contribution in [-0.4, -0.2) is 28.3 Å². The minimum absolute atomic E-state index is 0.427. The first-order valence-corrected chi connectivity index (χ1v) is 10.6. The largest absolute Gasteiger partial charge is 0.384 e. The lowest BCUT2D eigenvalue weighted by Crippen LogP contribution is -2.30. The standard InChI is InChI=1S/C25H23N5/c1-2-4-20-15-30(10-9-17(20)3-1)22-7-5-19-11-21(14-26-24(19)13-22)18-6-8-23-25(12-18)29-28-16-27-23/h1-8,12-13,16,21,26H,9-11,14-15H2. The molecule has 0 spiro atoms. The number of nitrogens with one attached hydrogen (secondary N) is 1. The average molecular weight is 393 g/mol. The van der Waals surface area contributed by atoms with Gasteiger partial charge in [-0.25, -0.2) is 4.98 Å². The van der Waals surface area contributed by atoms with Crippen molar-refractivity contribution in [3.05, 3.63) is 89.2 Å². The van der Waals surface area contributed by atoms with Crippen LogP contribution in [0.2, 0.25) is 0 Å². The zero-order valence-corrected chi connectivity index (χ0v) is 16.8. The van der Waals surface area contributed by atoms with Crippen molar-refractivity contribution in [1.82, 2.24) is 15.2 Å². The maximum absolute atomic E-state index is 4.28. The van der Waals surface area contributed by atoms with Crippen molar-refractivity contribution in [3.63, 3.8) is 0 Å². The van der Waals surface area contributed by atoms with Crippen molar-refractivity contribution in [1.29, 1.82) is 0 Å². The molecule has 0 bridgehead atoms. The highest BCUT2D eigenvalue weighted by Gasteiger charge is 2.22. The second-order valence-corrected chi connectivity index (χ2v) is 8.27. The lowest BCUT2D eigenvalue weighted by atomic mass is 9.88. The predicted molar refractivity (Wildman–Crippen MR) is 120 cm³/mol. The van der Waals surface area contributed by atoms with Gasteiger partial charge in [-0.15, -0.1) is 10.2 Å². The van der Waals surface area contributed by atoms with Gasteiger partial charge in [-0.2, -0.15) is 0 Å². The quantitative estimate of drug-likeness (QED) is 0.549. The highest BCUT2D eigenvalue weighted by atomic mass is 15.1. The van der Waals surface area contributed by atoms with Gasteiger partial charge in [0.1, 0.15) is 11.8 Å². The highest BCUT2D eigenvalue weighted by molar-refractivity contribution is 5.74. The zero-order chi connectivity index (χ0) is 19.9. The Kier molecular flexibility index (Phi) is 4.11. The first-order valence-electron chi connectivity index (χ1n) is 10.6. The van der Waals surface area contributed by atoms with Gasteiger partial charge in [0.15, 0.2) is 0 Å². The van der Waals surface area contributed by atoms with Crippen LogP contribution in [-0.2, 0) is 19.4 Å². The zero-order valence-electron chi connectivity index (χ0n) is 16.8. The van der Waals surface area contributed by atoms with Gasteiger partial charge in [0.25, 0.3) is 0 Å². The van der Waals surface area contributed by atoms with E-state index in [1.807, 2.05) is 6.07 Å². The Hall–Kier alpha value is -3.47. The first kappa shape index (κ1) is 17.4. The van der Waals surface area contributed by atoms with Crippen LogP contribution in [0.3, 0.4) is 0 Å². The minimum atomic E-state index is 0.427. The van der Waals surface area contributed by atoms with Gasteiger partial charge in [0.2, 0.25) is 0 Å². The summed E-state index contributed by atoms with van der Waals surface area (Å²) < 4.78 is 0. The first-order chi connectivity index (χ1) is 14.8. The predicted octanol–water partition coefficient (Wildman–Crippen LogP) is 4.34. The topological polar surface area (TPSA) is 53.9 Å². The molecule has 0 fully saturated rings. The Bertz CT molecular complexity index is 1240. The molecule has 2 aliphatic rings. The molecule has 148 valence electrons. The lowest BCUT2D eigenvalue weighted by molar-refractivity contribution is 0.693. The van der Waals surface area contributed by atoms with Crippen LogP contribution < -0.4 is 10.2 Å². The number of hydrogen-bond acceptors (Lipinski definition) is 5. The molecule has 0 amide bonds. The maximum Gasteiger partial charge on any atom is 0.138 e. The van der Waals surface area contributed by atoms with E-state index in [4.69, 9.17) is 0 Å². The van der Waals surface area contributed by atoms with Crippen LogP contribution in [0.25, 0.3) is 11.0 Å². The Labute approximate surface area is 175 Å². The second-order valence-electron chi connectivity index (χ2n) is 8.27. The van der Waals surface area contributed by atoms with E-state index in [9.17, 15) is 0 Å². The van der Waals surface area contributed by atoms with E-state index in [0.717, 1.165) is 43.5 Å². The summed E-state index contributed by atoms with van der Waals surface area (Å²) in [7, 11) is 0. The number of anilines is 2. The summed E-state index contributed by atoms with van der Waals surface area (Å²) >= 11 is 0. The summed E-state index contributed by atoms with van der Waals surface area (Å²) in [4.78, 5) is 6.77. The summed E-state index contributed by atoms with van der Waals surface area (Å²) in [6.45, 7) is 2.99. The number of hydrogen-bond donors (Lipinski definition) is 1. The van der Waals surface area contributed by atoms with Crippen molar-refractivity contribution in [2.24, 2.45) is 0 Å². The summed E-state index contributed by atoms with van der Waals surface area (Å²) in [6.07, 6.45) is 3.64. The molecule has 0 saturated carbocycles. The Morgan fingerprint density at radius 1 is 0.900 bits per heavy atom. The van der Waals surface area contributed by atoms with Gasteiger partial charge in [0.05, 0.1) is 5.52 Å². The fourth-order valence-corrected chi connectivity index (χ4v) is 4.79. The van der Waals surface area contributed by atoms with E-state index in [2.05, 4.69) is 80.0 Å². The molecule has 6 rings (SSSR count).